The summed E-state index contributed by atoms with van der Waals surface area (Å²) in [7, 11) is -3.50. The van der Waals surface area contributed by atoms with Crippen LogP contribution in [0.2, 0.25) is 0 Å². The van der Waals surface area contributed by atoms with E-state index in [0.29, 0.717) is 50.5 Å². The molecule has 2 aromatic heterocycles. The summed E-state index contributed by atoms with van der Waals surface area (Å²) in [5.41, 5.74) is 0.775. The van der Waals surface area contributed by atoms with Crippen LogP contribution in [-0.4, -0.2) is 53.2 Å². The lowest BCUT2D eigenvalue weighted by molar-refractivity contribution is -0.130. The van der Waals surface area contributed by atoms with Crippen molar-refractivity contribution in [2.45, 2.75) is 25.7 Å². The number of aryl methyl sites for hydroxylation is 1. The number of hydrogen-bond acceptors (Lipinski definition) is 7. The molecular weight excluding hydrogens is 358 g/mol. The monoisotopic (exact) mass is 379 g/mol. The molecule has 9 nitrogen and oxygen atoms in total. The van der Waals surface area contributed by atoms with E-state index in [-0.39, 0.29) is 17.6 Å². The van der Waals surface area contributed by atoms with Gasteiger partial charge in [0.05, 0.1) is 5.75 Å². The van der Waals surface area contributed by atoms with Gasteiger partial charge in [0.2, 0.25) is 27.6 Å². The summed E-state index contributed by atoms with van der Waals surface area (Å²) in [5, 5.41) is 8.98. The van der Waals surface area contributed by atoms with Crippen molar-refractivity contribution in [1.29, 1.82) is 0 Å². The standard InChI is InChI=1S/C16H21N5O4S/c17-26(23,24)11-12-6-8-21(10-12)15(22)5-1-4-14-19-16(20-25-14)13-3-2-7-18-9-13/h2-3,7,9,12H,1,4-6,8,10-11H2,(H2,17,23,24)/t12-/m0/s1. The maximum Gasteiger partial charge on any atom is 0.226 e. The van der Waals surface area contributed by atoms with E-state index in [1.807, 2.05) is 6.07 Å². The molecule has 1 saturated heterocycles. The highest BCUT2D eigenvalue weighted by Gasteiger charge is 2.28. The van der Waals surface area contributed by atoms with Crippen LogP contribution in [0.1, 0.15) is 25.2 Å². The number of rotatable bonds is 7. The average molecular weight is 379 g/mol. The zero-order valence-corrected chi connectivity index (χ0v) is 15.1. The maximum absolute atomic E-state index is 12.2. The summed E-state index contributed by atoms with van der Waals surface area (Å²) in [6.45, 7) is 1.02. The first-order chi connectivity index (χ1) is 12.4. The molecule has 0 spiro atoms. The molecule has 140 valence electrons. The largest absolute Gasteiger partial charge is 0.342 e. The van der Waals surface area contributed by atoms with E-state index < -0.39 is 10.0 Å². The number of primary sulfonamides is 1. The van der Waals surface area contributed by atoms with Crippen molar-refractivity contribution in [3.63, 3.8) is 0 Å². The first kappa shape index (κ1) is 18.5. The molecule has 3 rings (SSSR count). The van der Waals surface area contributed by atoms with Gasteiger partial charge in [-0.25, -0.2) is 13.6 Å². The van der Waals surface area contributed by atoms with E-state index in [2.05, 4.69) is 15.1 Å². The van der Waals surface area contributed by atoms with Crippen molar-refractivity contribution in [3.05, 3.63) is 30.4 Å². The third-order valence-corrected chi connectivity index (χ3v) is 5.21. The first-order valence-electron chi connectivity index (χ1n) is 8.42. The third-order valence-electron chi connectivity index (χ3n) is 4.28. The predicted octanol–water partition coefficient (Wildman–Crippen LogP) is 0.591. The summed E-state index contributed by atoms with van der Waals surface area (Å²) in [6.07, 6.45) is 5.44. The fraction of sp³-hybridized carbons (Fsp3) is 0.500. The highest BCUT2D eigenvalue weighted by atomic mass is 32.2. The second-order valence-electron chi connectivity index (χ2n) is 6.43. The Balaban J connectivity index is 1.44. The molecule has 26 heavy (non-hydrogen) atoms. The van der Waals surface area contributed by atoms with Crippen LogP contribution in [0, 0.1) is 5.92 Å². The molecule has 0 aliphatic carbocycles. The van der Waals surface area contributed by atoms with Gasteiger partial charge in [-0.3, -0.25) is 9.78 Å². The van der Waals surface area contributed by atoms with Gasteiger partial charge < -0.3 is 9.42 Å². The summed E-state index contributed by atoms with van der Waals surface area (Å²) >= 11 is 0. The number of pyridine rings is 1. The molecule has 0 unspecified atom stereocenters. The number of nitrogens with zero attached hydrogens (tertiary/aromatic N) is 4. The van der Waals surface area contributed by atoms with Crippen molar-refractivity contribution >= 4 is 15.9 Å². The maximum atomic E-state index is 12.2. The molecule has 2 N–H and O–H groups in total. The Bertz CT molecular complexity index is 853. The topological polar surface area (TPSA) is 132 Å². The Morgan fingerprint density at radius 1 is 1.42 bits per heavy atom. The van der Waals surface area contributed by atoms with Gasteiger partial charge in [-0.1, -0.05) is 5.16 Å². The molecule has 1 aliphatic heterocycles. The van der Waals surface area contributed by atoms with Crippen molar-refractivity contribution < 1.29 is 17.7 Å². The van der Waals surface area contributed by atoms with Gasteiger partial charge in [-0.15, -0.1) is 0 Å². The first-order valence-corrected chi connectivity index (χ1v) is 10.1. The molecule has 0 bridgehead atoms. The minimum atomic E-state index is -3.50. The molecule has 2 aromatic rings. The summed E-state index contributed by atoms with van der Waals surface area (Å²) in [6, 6.07) is 3.64. The zero-order chi connectivity index (χ0) is 18.6. The number of sulfonamides is 1. The van der Waals surface area contributed by atoms with Gasteiger partial charge in [0.1, 0.15) is 0 Å². The van der Waals surface area contributed by atoms with Crippen molar-refractivity contribution in [2.24, 2.45) is 11.1 Å². The van der Waals surface area contributed by atoms with Crippen LogP contribution in [0.15, 0.2) is 29.0 Å². The molecule has 0 radical (unpaired) electrons. The molecule has 10 heteroatoms. The van der Waals surface area contributed by atoms with Crippen LogP contribution in [0.3, 0.4) is 0 Å². The molecule has 0 saturated carbocycles. The molecular formula is C16H21N5O4S. The summed E-state index contributed by atoms with van der Waals surface area (Å²) in [5.74, 6) is 0.812. The zero-order valence-electron chi connectivity index (χ0n) is 14.2. The fourth-order valence-electron chi connectivity index (χ4n) is 3.04. The lowest BCUT2D eigenvalue weighted by Crippen LogP contribution is -2.30. The molecule has 1 atom stereocenters. The van der Waals surface area contributed by atoms with E-state index in [4.69, 9.17) is 9.66 Å². The molecule has 0 aromatic carbocycles. The Morgan fingerprint density at radius 3 is 3.00 bits per heavy atom. The van der Waals surface area contributed by atoms with Crippen LogP contribution < -0.4 is 5.14 Å². The van der Waals surface area contributed by atoms with Crippen molar-refractivity contribution in [1.82, 2.24) is 20.0 Å². The third kappa shape index (κ3) is 5.09. The van der Waals surface area contributed by atoms with E-state index in [1.54, 1.807) is 23.4 Å². The lowest BCUT2D eigenvalue weighted by Gasteiger charge is -2.16. The van der Waals surface area contributed by atoms with Crippen LogP contribution >= 0.6 is 0 Å². The molecule has 1 amide bonds. The average Bonchev–Trinajstić information content (AvgIpc) is 3.24. The van der Waals surface area contributed by atoms with Crippen LogP contribution in [0.4, 0.5) is 0 Å². The molecule has 1 aliphatic rings. The Morgan fingerprint density at radius 2 is 2.27 bits per heavy atom. The smallest absolute Gasteiger partial charge is 0.226 e. The second kappa shape index (κ2) is 7.92. The fourth-order valence-corrected chi connectivity index (χ4v) is 3.97. The van der Waals surface area contributed by atoms with Gasteiger partial charge in [0, 0.05) is 43.9 Å². The Hall–Kier alpha value is -2.33. The second-order valence-corrected chi connectivity index (χ2v) is 8.09. The highest BCUT2D eigenvalue weighted by Crippen LogP contribution is 2.19. The number of carbonyl (C=O) groups is 1. The SMILES string of the molecule is NS(=O)(=O)C[C@H]1CCN(C(=O)CCCc2nc(-c3cccnc3)no2)C1. The Labute approximate surface area is 151 Å². The predicted molar refractivity (Wildman–Crippen MR) is 93.1 cm³/mol. The minimum Gasteiger partial charge on any atom is -0.342 e. The number of nitrogens with two attached hydrogens (primary N) is 1. The number of likely N-dealkylation sites (tertiary alicyclic amines) is 1. The summed E-state index contributed by atoms with van der Waals surface area (Å²) < 4.78 is 27.5. The number of aromatic nitrogens is 3. The van der Waals surface area contributed by atoms with Crippen LogP contribution in [0.5, 0.6) is 0 Å². The van der Waals surface area contributed by atoms with E-state index in [1.165, 1.54) is 0 Å². The normalized spacial score (nSPS) is 17.6. The summed E-state index contributed by atoms with van der Waals surface area (Å²) in [4.78, 5) is 22.3. The van der Waals surface area contributed by atoms with E-state index >= 15 is 0 Å². The Kier molecular flexibility index (Phi) is 5.62. The molecule has 3 heterocycles. The van der Waals surface area contributed by atoms with Crippen LogP contribution in [0.25, 0.3) is 11.4 Å². The number of hydrogen-bond donors (Lipinski definition) is 1. The van der Waals surface area contributed by atoms with E-state index in [9.17, 15) is 13.2 Å². The van der Waals surface area contributed by atoms with Gasteiger partial charge in [-0.05, 0) is 30.9 Å². The van der Waals surface area contributed by atoms with Gasteiger partial charge >= 0.3 is 0 Å². The van der Waals surface area contributed by atoms with Gasteiger partial charge in [0.15, 0.2) is 0 Å². The highest BCUT2D eigenvalue weighted by molar-refractivity contribution is 7.89. The quantitative estimate of drug-likeness (QED) is 0.744. The van der Waals surface area contributed by atoms with Gasteiger partial charge in [-0.2, -0.15) is 4.98 Å². The van der Waals surface area contributed by atoms with Gasteiger partial charge in [0.25, 0.3) is 0 Å². The number of amides is 1. The van der Waals surface area contributed by atoms with Crippen molar-refractivity contribution in [3.8, 4) is 11.4 Å². The number of carbonyl (C=O) groups excluding carboxylic acids is 1. The lowest BCUT2D eigenvalue weighted by atomic mass is 10.2. The van der Waals surface area contributed by atoms with Crippen molar-refractivity contribution in [2.75, 3.05) is 18.8 Å². The van der Waals surface area contributed by atoms with Crippen LogP contribution in [-0.2, 0) is 21.2 Å². The van der Waals surface area contributed by atoms with E-state index in [0.717, 1.165) is 5.56 Å². The minimum absolute atomic E-state index is 0.00826. The molecule has 1 fully saturated rings.